The summed E-state index contributed by atoms with van der Waals surface area (Å²) in [6, 6.07) is 35.2. The van der Waals surface area contributed by atoms with Gasteiger partial charge in [0, 0.05) is 97.6 Å². The van der Waals surface area contributed by atoms with Gasteiger partial charge in [0.05, 0.1) is 12.5 Å². The number of nitrogens with two attached hydrogens (primary N) is 1. The Balaban J connectivity index is 1.01. The number of allylic oxidation sites excluding steroid dienone is 3. The number of hydrogen-bond donors (Lipinski definition) is 1. The highest BCUT2D eigenvalue weighted by Gasteiger charge is 2.42. The van der Waals surface area contributed by atoms with Crippen LogP contribution in [0, 0.1) is 13.8 Å². The molecule has 0 bridgehead atoms. The average Bonchev–Trinajstić information content (AvgIpc) is 3.70. The van der Waals surface area contributed by atoms with Crippen LogP contribution < -0.4 is 5.32 Å². The molecule has 4 nitrogen and oxygen atoms in total. The van der Waals surface area contributed by atoms with Gasteiger partial charge in [0.1, 0.15) is 12.7 Å². The Hall–Kier alpha value is -4.49. The summed E-state index contributed by atoms with van der Waals surface area (Å²) in [5.74, 6) is 2.09. The molecule has 1 aliphatic rings. The summed E-state index contributed by atoms with van der Waals surface area (Å²) in [5, 5.41) is 4.81. The molecule has 2 N–H and O–H groups in total. The van der Waals surface area contributed by atoms with Crippen molar-refractivity contribution in [1.82, 2.24) is 9.13 Å². The van der Waals surface area contributed by atoms with Crippen molar-refractivity contribution in [2.24, 2.45) is 0 Å². The lowest BCUT2D eigenvalue weighted by atomic mass is 9.77. The molecule has 4 aromatic carbocycles. The fourth-order valence-corrected chi connectivity index (χ4v) is 10.5. The van der Waals surface area contributed by atoms with Crippen LogP contribution in [-0.4, -0.2) is 45.0 Å². The van der Waals surface area contributed by atoms with Crippen LogP contribution in [0.15, 0.2) is 121 Å². The molecule has 0 amide bonds. The monoisotopic (exact) mass is 764 g/mol. The van der Waals surface area contributed by atoms with E-state index in [0.29, 0.717) is 0 Å². The zero-order chi connectivity index (χ0) is 38.9. The third-order valence-corrected chi connectivity index (χ3v) is 14.4. The molecule has 6 heteroatoms. The molecule has 0 atom stereocenters. The van der Waals surface area contributed by atoms with Gasteiger partial charge in [-0.15, -0.1) is 0 Å². The second kappa shape index (κ2) is 15.9. The molecule has 0 radical (unpaired) electrons. The fourth-order valence-electron chi connectivity index (χ4n) is 8.63. The molecule has 282 valence electrons. The second-order valence-electron chi connectivity index (χ2n) is 15.8. The SMILES string of the molecule is C=C(/C=C/c1c(C)n(CCSSCCn2c(C)c(/C=C/C3=[N+](C)c4ccccc4C3(C)C)c3ccccc32)c2ccccc12)C(C)(C)c1ccccc1[NH2+]C. The molecule has 0 unspecified atom stereocenters. The Morgan fingerprint density at radius 3 is 1.87 bits per heavy atom. The third-order valence-electron chi connectivity index (χ3n) is 12.0. The Kier molecular flexibility index (Phi) is 11.2. The highest BCUT2D eigenvalue weighted by molar-refractivity contribution is 8.76. The molecular weight excluding hydrogens is 709 g/mol. The van der Waals surface area contributed by atoms with Crippen LogP contribution in [0.4, 0.5) is 11.4 Å². The van der Waals surface area contributed by atoms with Crippen LogP contribution in [0.1, 0.15) is 61.3 Å². The maximum atomic E-state index is 4.55. The van der Waals surface area contributed by atoms with Crippen LogP contribution in [0.5, 0.6) is 0 Å². The zero-order valence-electron chi connectivity index (χ0n) is 33.8. The topological polar surface area (TPSA) is 29.5 Å². The predicted octanol–water partition coefficient (Wildman–Crippen LogP) is 11.4. The maximum absolute atomic E-state index is 4.55. The molecule has 0 aliphatic carbocycles. The van der Waals surface area contributed by atoms with E-state index >= 15 is 0 Å². The van der Waals surface area contributed by atoms with E-state index in [1.54, 1.807) is 0 Å². The summed E-state index contributed by atoms with van der Waals surface area (Å²) in [4.78, 5) is 0. The van der Waals surface area contributed by atoms with Crippen molar-refractivity contribution in [3.8, 4) is 0 Å². The van der Waals surface area contributed by atoms with Crippen molar-refractivity contribution in [2.75, 3.05) is 25.6 Å². The Morgan fingerprint density at radius 1 is 0.745 bits per heavy atom. The number of benzene rings is 4. The van der Waals surface area contributed by atoms with Crippen LogP contribution in [0.3, 0.4) is 0 Å². The lowest BCUT2D eigenvalue weighted by Gasteiger charge is -2.27. The second-order valence-corrected chi connectivity index (χ2v) is 18.5. The largest absolute Gasteiger partial charge is 0.343 e. The van der Waals surface area contributed by atoms with Gasteiger partial charge < -0.3 is 14.5 Å². The smallest absolute Gasteiger partial charge is 0.209 e. The van der Waals surface area contributed by atoms with Crippen molar-refractivity contribution in [2.45, 2.75) is 65.5 Å². The fraction of sp³-hybridized carbons (Fsp3) is 0.286. The molecule has 0 saturated heterocycles. The summed E-state index contributed by atoms with van der Waals surface area (Å²) in [6.07, 6.45) is 9.22. The first-order valence-corrected chi connectivity index (χ1v) is 22.0. The Morgan fingerprint density at radius 2 is 1.27 bits per heavy atom. The summed E-state index contributed by atoms with van der Waals surface area (Å²) < 4.78 is 7.37. The van der Waals surface area contributed by atoms with Gasteiger partial charge in [-0.25, -0.2) is 0 Å². The minimum absolute atomic E-state index is 0.0431. The normalized spacial score (nSPS) is 14.3. The van der Waals surface area contributed by atoms with Gasteiger partial charge >= 0.3 is 0 Å². The molecule has 0 spiro atoms. The molecule has 55 heavy (non-hydrogen) atoms. The van der Waals surface area contributed by atoms with Crippen LogP contribution in [0.2, 0.25) is 0 Å². The predicted molar refractivity (Wildman–Crippen MR) is 243 cm³/mol. The van der Waals surface area contributed by atoms with Gasteiger partial charge in [0.2, 0.25) is 5.69 Å². The van der Waals surface area contributed by atoms with Crippen molar-refractivity contribution >= 4 is 72.6 Å². The number of quaternary nitrogens is 1. The van der Waals surface area contributed by atoms with Gasteiger partial charge in [0.25, 0.3) is 0 Å². The van der Waals surface area contributed by atoms with E-state index in [4.69, 9.17) is 0 Å². The van der Waals surface area contributed by atoms with Gasteiger partial charge in [-0.05, 0) is 57.5 Å². The van der Waals surface area contributed by atoms with Crippen molar-refractivity contribution in [3.05, 3.63) is 155 Å². The van der Waals surface area contributed by atoms with E-state index < -0.39 is 0 Å². The molecular formula is C49H56N4S2+2. The lowest BCUT2D eigenvalue weighted by Crippen LogP contribution is -2.73. The van der Waals surface area contributed by atoms with E-state index in [1.165, 1.54) is 72.5 Å². The van der Waals surface area contributed by atoms with E-state index in [1.807, 2.05) is 21.6 Å². The molecule has 7 rings (SSSR count). The lowest BCUT2D eigenvalue weighted by molar-refractivity contribution is -0.540. The summed E-state index contributed by atoms with van der Waals surface area (Å²) in [6.45, 7) is 20.3. The van der Waals surface area contributed by atoms with Crippen LogP contribution in [-0.2, 0) is 23.9 Å². The van der Waals surface area contributed by atoms with Gasteiger partial charge in [-0.3, -0.25) is 0 Å². The number of nitrogens with zero attached hydrogens (tertiary/aromatic N) is 3. The van der Waals surface area contributed by atoms with Crippen molar-refractivity contribution < 1.29 is 9.89 Å². The van der Waals surface area contributed by atoms with E-state index in [9.17, 15) is 0 Å². The quantitative estimate of drug-likeness (QED) is 0.0393. The number of aromatic nitrogens is 2. The number of hydrogen-bond acceptors (Lipinski definition) is 2. The van der Waals surface area contributed by atoms with Gasteiger partial charge in [-0.1, -0.05) is 127 Å². The summed E-state index contributed by atoms with van der Waals surface area (Å²) >= 11 is 0. The van der Waals surface area contributed by atoms with Crippen molar-refractivity contribution in [3.63, 3.8) is 0 Å². The molecule has 6 aromatic rings. The Labute approximate surface area is 336 Å². The molecule has 0 saturated carbocycles. The van der Waals surface area contributed by atoms with E-state index in [2.05, 4.69) is 203 Å². The van der Waals surface area contributed by atoms with Crippen molar-refractivity contribution in [1.29, 1.82) is 0 Å². The first-order chi connectivity index (χ1) is 26.5. The average molecular weight is 765 g/mol. The zero-order valence-corrected chi connectivity index (χ0v) is 35.5. The number of rotatable bonds is 14. The maximum Gasteiger partial charge on any atom is 0.209 e. The summed E-state index contributed by atoms with van der Waals surface area (Å²) in [5.41, 5.74) is 15.3. The van der Waals surface area contributed by atoms with E-state index in [-0.39, 0.29) is 10.8 Å². The molecule has 0 fully saturated rings. The van der Waals surface area contributed by atoms with Crippen LogP contribution in [0.25, 0.3) is 34.0 Å². The molecule has 2 aromatic heterocycles. The van der Waals surface area contributed by atoms with E-state index in [0.717, 1.165) is 30.2 Å². The highest BCUT2D eigenvalue weighted by Crippen LogP contribution is 2.40. The van der Waals surface area contributed by atoms with Gasteiger partial charge in [0.15, 0.2) is 5.71 Å². The first-order valence-electron chi connectivity index (χ1n) is 19.5. The first kappa shape index (κ1) is 38.8. The minimum Gasteiger partial charge on any atom is -0.343 e. The number of aryl methyl sites for hydroxylation is 2. The molecule has 1 aliphatic heterocycles. The standard InChI is InChI=1S/C49H55N4S2/c1-34(48(4,5)41-20-12-14-22-43(41)50-8)26-27-37-35(2)52(44-23-15-10-18-39(37)44)30-32-54-55-33-31-53-36(3)38(40-19-11-16-24-45(40)53)28-29-47-49(6,7)42-21-13-17-25-46(42)51(47)9/h10-29,50H,1,30-33H2,2-9H3/q+1/p+1/b27-26+. The minimum atomic E-state index is -0.181. The van der Waals surface area contributed by atoms with Crippen LogP contribution >= 0.6 is 21.6 Å². The summed E-state index contributed by atoms with van der Waals surface area (Å²) in [7, 11) is 8.27. The molecule has 3 heterocycles. The van der Waals surface area contributed by atoms with Gasteiger partial charge in [-0.2, -0.15) is 4.58 Å². The number of fused-ring (bicyclic) bond motifs is 3. The Bertz CT molecular complexity index is 2490. The third kappa shape index (κ3) is 7.21. The number of para-hydroxylation sites is 4. The highest BCUT2D eigenvalue weighted by atomic mass is 33.1.